The van der Waals surface area contributed by atoms with Crippen LogP contribution in [0, 0.1) is 0 Å². The van der Waals surface area contributed by atoms with Crippen LogP contribution in [0.4, 0.5) is 4.79 Å². The van der Waals surface area contributed by atoms with Gasteiger partial charge >= 0.3 is 12.0 Å². The van der Waals surface area contributed by atoms with E-state index in [1.807, 2.05) is 5.38 Å². The zero-order valence-corrected chi connectivity index (χ0v) is 16.4. The van der Waals surface area contributed by atoms with Crippen LogP contribution in [0.3, 0.4) is 0 Å². The number of carboxylic acid groups (broad SMARTS) is 1. The second-order valence-corrected chi connectivity index (χ2v) is 7.66. The molecule has 9 heteroatoms. The van der Waals surface area contributed by atoms with Crippen molar-refractivity contribution in [2.45, 2.75) is 46.2 Å². The van der Waals surface area contributed by atoms with Crippen molar-refractivity contribution in [3.05, 3.63) is 16.1 Å². The van der Waals surface area contributed by atoms with E-state index in [-0.39, 0.29) is 7.43 Å². The fourth-order valence-electron chi connectivity index (χ4n) is 2.63. The molecule has 0 aromatic carbocycles. The highest BCUT2D eigenvalue weighted by molar-refractivity contribution is 7.09. The largest absolute Gasteiger partial charge is 0.480 e. The lowest BCUT2D eigenvalue weighted by molar-refractivity contribution is -0.139. The number of morpholine rings is 1. The molecule has 0 saturated carbocycles. The standard InChI is InChI=1S/C17H28N4O4S.CH4/c1-12(2)15-18-13(11-26-15)10-20(3)17(24)19-14(16(22)23)4-5-21-6-8-25-9-7-21;/h11-12,14H,4-10H2,1-3H3,(H,19,24)(H,22,23);1H4/t14-;/m0./s1. The monoisotopic (exact) mass is 400 g/mol. The smallest absolute Gasteiger partial charge is 0.326 e. The Morgan fingerprint density at radius 1 is 1.41 bits per heavy atom. The summed E-state index contributed by atoms with van der Waals surface area (Å²) in [5.41, 5.74) is 0.816. The third kappa shape index (κ3) is 7.43. The first-order chi connectivity index (χ1) is 12.4. The lowest BCUT2D eigenvalue weighted by atomic mass is 10.2. The van der Waals surface area contributed by atoms with Crippen molar-refractivity contribution >= 4 is 23.3 Å². The van der Waals surface area contributed by atoms with Gasteiger partial charge in [-0.25, -0.2) is 14.6 Å². The number of nitrogens with one attached hydrogen (secondary N) is 1. The highest BCUT2D eigenvalue weighted by Gasteiger charge is 2.23. The van der Waals surface area contributed by atoms with Gasteiger partial charge in [-0.1, -0.05) is 21.3 Å². The molecule has 0 aliphatic carbocycles. The summed E-state index contributed by atoms with van der Waals surface area (Å²) in [5.74, 6) is -0.666. The maximum atomic E-state index is 12.3. The third-order valence-electron chi connectivity index (χ3n) is 4.24. The average molecular weight is 401 g/mol. The maximum Gasteiger partial charge on any atom is 0.326 e. The number of urea groups is 1. The van der Waals surface area contributed by atoms with Gasteiger partial charge in [0.2, 0.25) is 0 Å². The van der Waals surface area contributed by atoms with E-state index in [4.69, 9.17) is 4.74 Å². The highest BCUT2D eigenvalue weighted by Crippen LogP contribution is 2.19. The molecule has 0 spiro atoms. The molecule has 1 aromatic heterocycles. The van der Waals surface area contributed by atoms with Crippen molar-refractivity contribution in [2.24, 2.45) is 0 Å². The summed E-state index contributed by atoms with van der Waals surface area (Å²) in [6.45, 7) is 8.04. The van der Waals surface area contributed by atoms with Gasteiger partial charge in [0.05, 0.1) is 30.5 Å². The zero-order chi connectivity index (χ0) is 19.1. The zero-order valence-electron chi connectivity index (χ0n) is 15.6. The lowest BCUT2D eigenvalue weighted by Gasteiger charge is -2.28. The van der Waals surface area contributed by atoms with Crippen LogP contribution in [0.25, 0.3) is 0 Å². The van der Waals surface area contributed by atoms with Gasteiger partial charge in [-0.2, -0.15) is 0 Å². The van der Waals surface area contributed by atoms with Crippen LogP contribution in [0.1, 0.15) is 44.3 Å². The molecule has 1 atom stereocenters. The summed E-state index contributed by atoms with van der Waals surface area (Å²) in [7, 11) is 1.64. The Balaban J connectivity index is 0.00000364. The molecule has 154 valence electrons. The maximum absolute atomic E-state index is 12.3. The quantitative estimate of drug-likeness (QED) is 0.695. The van der Waals surface area contributed by atoms with Crippen LogP contribution in [0.15, 0.2) is 5.38 Å². The molecule has 0 unspecified atom stereocenters. The summed E-state index contributed by atoms with van der Waals surface area (Å²) in [6.07, 6.45) is 0.364. The predicted octanol–water partition coefficient (Wildman–Crippen LogP) is 2.22. The van der Waals surface area contributed by atoms with Gasteiger partial charge in [0.15, 0.2) is 0 Å². The van der Waals surface area contributed by atoms with Gasteiger partial charge in [-0.15, -0.1) is 11.3 Å². The molecule has 1 fully saturated rings. The second-order valence-electron chi connectivity index (χ2n) is 6.77. The van der Waals surface area contributed by atoms with Gasteiger partial charge in [-0.3, -0.25) is 4.90 Å². The van der Waals surface area contributed by atoms with Crippen LogP contribution in [-0.4, -0.2) is 77.8 Å². The second kappa shape index (κ2) is 11.2. The van der Waals surface area contributed by atoms with E-state index >= 15 is 0 Å². The van der Waals surface area contributed by atoms with Crippen molar-refractivity contribution in [3.63, 3.8) is 0 Å². The van der Waals surface area contributed by atoms with Crippen molar-refractivity contribution in [1.29, 1.82) is 0 Å². The molecule has 2 amide bonds. The predicted molar refractivity (Wildman–Crippen MR) is 106 cm³/mol. The minimum Gasteiger partial charge on any atom is -0.480 e. The van der Waals surface area contributed by atoms with Crippen LogP contribution in [-0.2, 0) is 16.1 Å². The topological polar surface area (TPSA) is 95.0 Å². The molecular formula is C18H32N4O4S. The van der Waals surface area contributed by atoms with E-state index in [1.54, 1.807) is 18.4 Å². The first-order valence-electron chi connectivity index (χ1n) is 8.85. The number of thiazole rings is 1. The first-order valence-corrected chi connectivity index (χ1v) is 9.73. The summed E-state index contributed by atoms with van der Waals surface area (Å²) in [5, 5.41) is 15.0. The normalized spacial score (nSPS) is 15.9. The van der Waals surface area contributed by atoms with Gasteiger partial charge in [0, 0.05) is 38.0 Å². The average Bonchev–Trinajstić information content (AvgIpc) is 3.07. The van der Waals surface area contributed by atoms with Gasteiger partial charge in [0.1, 0.15) is 6.04 Å². The highest BCUT2D eigenvalue weighted by atomic mass is 32.1. The molecular weight excluding hydrogens is 368 g/mol. The Hall–Kier alpha value is -1.71. The number of aromatic nitrogens is 1. The molecule has 0 radical (unpaired) electrons. The number of hydrogen-bond acceptors (Lipinski definition) is 6. The fraction of sp³-hybridized carbons (Fsp3) is 0.722. The Labute approximate surface area is 165 Å². The number of carboxylic acids is 1. The molecule has 8 nitrogen and oxygen atoms in total. The van der Waals surface area contributed by atoms with E-state index in [0.29, 0.717) is 38.6 Å². The summed E-state index contributed by atoms with van der Waals surface area (Å²) in [4.78, 5) is 31.9. The van der Waals surface area contributed by atoms with Crippen LogP contribution < -0.4 is 5.32 Å². The van der Waals surface area contributed by atoms with Gasteiger partial charge in [-0.05, 0) is 6.42 Å². The molecule has 27 heavy (non-hydrogen) atoms. The number of rotatable bonds is 8. The van der Waals surface area contributed by atoms with Gasteiger partial charge in [0.25, 0.3) is 0 Å². The Morgan fingerprint density at radius 3 is 2.63 bits per heavy atom. The van der Waals surface area contributed by atoms with Crippen molar-refractivity contribution < 1.29 is 19.4 Å². The molecule has 1 aliphatic rings. The molecule has 0 bridgehead atoms. The SMILES string of the molecule is C.CC(C)c1nc(CN(C)C(=O)N[C@@H](CCN2CCOCC2)C(=O)O)cs1. The summed E-state index contributed by atoms with van der Waals surface area (Å²) < 4.78 is 5.28. The van der Waals surface area contributed by atoms with Crippen molar-refractivity contribution in [2.75, 3.05) is 39.9 Å². The molecule has 1 saturated heterocycles. The van der Waals surface area contributed by atoms with Crippen molar-refractivity contribution in [1.82, 2.24) is 20.1 Å². The van der Waals surface area contributed by atoms with E-state index in [9.17, 15) is 14.7 Å². The van der Waals surface area contributed by atoms with Crippen molar-refractivity contribution in [3.8, 4) is 0 Å². The van der Waals surface area contributed by atoms with Crippen LogP contribution in [0.2, 0.25) is 0 Å². The van der Waals surface area contributed by atoms with E-state index < -0.39 is 18.0 Å². The Kier molecular flexibility index (Phi) is 9.68. The third-order valence-corrected chi connectivity index (χ3v) is 5.44. The summed E-state index contributed by atoms with van der Waals surface area (Å²) in [6, 6.07) is -1.31. The number of amides is 2. The number of hydrogen-bond donors (Lipinski definition) is 2. The minimum atomic E-state index is -1.02. The molecule has 2 heterocycles. The number of aliphatic carboxylic acids is 1. The van der Waals surface area contributed by atoms with Crippen LogP contribution >= 0.6 is 11.3 Å². The Morgan fingerprint density at radius 2 is 2.07 bits per heavy atom. The van der Waals surface area contributed by atoms with E-state index in [2.05, 4.69) is 29.0 Å². The van der Waals surface area contributed by atoms with Crippen LogP contribution in [0.5, 0.6) is 0 Å². The minimum absolute atomic E-state index is 0. The molecule has 2 rings (SSSR count). The molecule has 1 aromatic rings. The lowest BCUT2D eigenvalue weighted by Crippen LogP contribution is -2.48. The number of carbonyl (C=O) groups is 2. The molecule has 2 N–H and O–H groups in total. The van der Waals surface area contributed by atoms with E-state index in [0.717, 1.165) is 23.8 Å². The van der Waals surface area contributed by atoms with Gasteiger partial charge < -0.3 is 20.1 Å². The Bertz CT molecular complexity index is 602. The molecule has 1 aliphatic heterocycles. The number of carbonyl (C=O) groups excluding carboxylic acids is 1. The number of ether oxygens (including phenoxy) is 1. The van der Waals surface area contributed by atoms with E-state index in [1.165, 1.54) is 4.90 Å². The first kappa shape index (κ1) is 23.3. The summed E-state index contributed by atoms with van der Waals surface area (Å²) >= 11 is 1.57. The fourth-order valence-corrected chi connectivity index (χ4v) is 3.45. The number of nitrogens with zero attached hydrogens (tertiary/aromatic N) is 3.